The van der Waals surface area contributed by atoms with Crippen LogP contribution < -0.4 is 0 Å². The molecule has 0 aliphatic heterocycles. The Kier molecular flexibility index (Phi) is 3.63. The van der Waals surface area contributed by atoms with E-state index >= 15 is 0 Å². The van der Waals surface area contributed by atoms with Crippen molar-refractivity contribution in [2.24, 2.45) is 0 Å². The second kappa shape index (κ2) is 6.06. The van der Waals surface area contributed by atoms with Gasteiger partial charge in [0, 0.05) is 11.1 Å². The van der Waals surface area contributed by atoms with Crippen LogP contribution >= 0.6 is 0 Å². The Balaban J connectivity index is 1.89. The summed E-state index contributed by atoms with van der Waals surface area (Å²) in [7, 11) is 0. The zero-order chi connectivity index (χ0) is 19.4. The highest BCUT2D eigenvalue weighted by Crippen LogP contribution is 2.38. The lowest BCUT2D eigenvalue weighted by Gasteiger charge is -2.11. The molecule has 5 aromatic rings. The smallest absolute Gasteiger partial charge is 0.141 e. The summed E-state index contributed by atoms with van der Waals surface area (Å²) in [6.45, 7) is 8.06. The lowest BCUT2D eigenvalue weighted by molar-refractivity contribution is 0.393. The van der Waals surface area contributed by atoms with Crippen LogP contribution in [0.1, 0.15) is 22.8 Å². The Hall–Kier alpha value is -3.40. The van der Waals surface area contributed by atoms with E-state index in [9.17, 15) is 0 Å². The number of imidazole rings is 1. The van der Waals surface area contributed by atoms with Gasteiger partial charge in [0.25, 0.3) is 0 Å². The molecule has 0 fully saturated rings. The molecule has 0 aliphatic carbocycles. The van der Waals surface area contributed by atoms with E-state index < -0.39 is 0 Å². The van der Waals surface area contributed by atoms with Gasteiger partial charge in [-0.2, -0.15) is 0 Å². The first-order valence-electron chi connectivity index (χ1n) is 9.44. The van der Waals surface area contributed by atoms with E-state index in [2.05, 4.69) is 65.6 Å². The van der Waals surface area contributed by atoms with Gasteiger partial charge >= 0.3 is 0 Å². The topological polar surface area (TPSA) is 54.7 Å². The molecular weight excluding hydrogens is 346 g/mol. The highest BCUT2D eigenvalue weighted by molar-refractivity contribution is 6.05. The number of hydrogen-bond donors (Lipinski definition) is 1. The Morgan fingerprint density at radius 2 is 1.75 bits per heavy atom. The van der Waals surface area contributed by atoms with Gasteiger partial charge in [0.15, 0.2) is 0 Å². The van der Waals surface area contributed by atoms with E-state index in [-0.39, 0.29) is 0 Å². The molecule has 0 unspecified atom stereocenters. The summed E-state index contributed by atoms with van der Waals surface area (Å²) < 4.78 is 5.42. The van der Waals surface area contributed by atoms with Crippen LogP contribution in [0.25, 0.3) is 44.1 Å². The van der Waals surface area contributed by atoms with Gasteiger partial charge < -0.3 is 9.51 Å². The van der Waals surface area contributed by atoms with Crippen molar-refractivity contribution in [2.75, 3.05) is 0 Å². The third-order valence-electron chi connectivity index (χ3n) is 5.35. The van der Waals surface area contributed by atoms with Crippen LogP contribution in [0.2, 0.25) is 0 Å². The Labute approximate surface area is 163 Å². The van der Waals surface area contributed by atoms with Gasteiger partial charge in [-0.05, 0) is 61.7 Å². The first-order chi connectivity index (χ1) is 13.5. The molecule has 0 saturated heterocycles. The minimum absolute atomic E-state index is 0.827. The molecule has 1 N–H and O–H groups in total. The maximum atomic E-state index is 5.42. The average molecular weight is 367 g/mol. The first kappa shape index (κ1) is 16.8. The molecule has 28 heavy (non-hydrogen) atoms. The maximum Gasteiger partial charge on any atom is 0.141 e. The summed E-state index contributed by atoms with van der Waals surface area (Å²) in [4.78, 5) is 8.20. The number of rotatable bonds is 2. The van der Waals surface area contributed by atoms with Gasteiger partial charge in [-0.15, -0.1) is 0 Å². The van der Waals surface area contributed by atoms with E-state index in [1.807, 2.05) is 20.8 Å². The lowest BCUT2D eigenvalue weighted by atomic mass is 9.93. The first-order valence-corrected chi connectivity index (χ1v) is 9.44. The van der Waals surface area contributed by atoms with Gasteiger partial charge in [0.05, 0.1) is 16.7 Å². The number of H-pyrrole nitrogens is 1. The highest BCUT2D eigenvalue weighted by atomic mass is 16.5. The molecule has 0 spiro atoms. The molecular formula is C24H21N3O. The normalized spacial score (nSPS) is 11.6. The molecule has 138 valence electrons. The monoisotopic (exact) mass is 367 g/mol. The quantitative estimate of drug-likeness (QED) is 0.400. The van der Waals surface area contributed by atoms with Gasteiger partial charge in [0.2, 0.25) is 0 Å². The summed E-state index contributed by atoms with van der Waals surface area (Å²) in [5, 5.41) is 6.61. The Bertz CT molecular complexity index is 1340. The van der Waals surface area contributed by atoms with Crippen LogP contribution in [0.5, 0.6) is 0 Å². The van der Waals surface area contributed by atoms with Crippen molar-refractivity contribution < 1.29 is 4.52 Å². The number of aromatic amines is 1. The molecule has 5 rings (SSSR count). The summed E-state index contributed by atoms with van der Waals surface area (Å²) in [5.74, 6) is 1.73. The van der Waals surface area contributed by atoms with E-state index in [1.54, 1.807) is 0 Å². The van der Waals surface area contributed by atoms with Crippen molar-refractivity contribution in [1.29, 1.82) is 0 Å². The zero-order valence-electron chi connectivity index (χ0n) is 16.4. The molecule has 3 aromatic carbocycles. The molecule has 0 atom stereocenters. The number of fused-ring (bicyclic) bond motifs is 2. The van der Waals surface area contributed by atoms with Gasteiger partial charge in [-0.1, -0.05) is 47.1 Å². The number of aromatic nitrogens is 3. The predicted molar refractivity (Wildman–Crippen MR) is 113 cm³/mol. The van der Waals surface area contributed by atoms with Crippen molar-refractivity contribution in [1.82, 2.24) is 15.1 Å². The number of aryl methyl sites for hydroxylation is 4. The van der Waals surface area contributed by atoms with E-state index in [4.69, 9.17) is 9.51 Å². The third-order valence-corrected chi connectivity index (χ3v) is 5.35. The minimum atomic E-state index is 0.827. The summed E-state index contributed by atoms with van der Waals surface area (Å²) in [6.07, 6.45) is 0. The third kappa shape index (κ3) is 2.53. The molecule has 0 amide bonds. The molecule has 0 radical (unpaired) electrons. The van der Waals surface area contributed by atoms with Crippen LogP contribution in [0.15, 0.2) is 53.1 Å². The Morgan fingerprint density at radius 3 is 2.54 bits per heavy atom. The highest BCUT2D eigenvalue weighted by Gasteiger charge is 2.17. The molecule has 0 bridgehead atoms. The van der Waals surface area contributed by atoms with E-state index in [0.29, 0.717) is 0 Å². The van der Waals surface area contributed by atoms with Crippen LogP contribution in [0.3, 0.4) is 0 Å². The van der Waals surface area contributed by atoms with Gasteiger partial charge in [0.1, 0.15) is 11.6 Å². The minimum Gasteiger partial charge on any atom is -0.361 e. The molecule has 4 nitrogen and oxygen atoms in total. The van der Waals surface area contributed by atoms with Crippen LogP contribution in [-0.4, -0.2) is 15.1 Å². The van der Waals surface area contributed by atoms with Gasteiger partial charge in [-0.3, -0.25) is 0 Å². The fourth-order valence-electron chi connectivity index (χ4n) is 4.11. The van der Waals surface area contributed by atoms with Crippen LogP contribution in [-0.2, 0) is 0 Å². The second-order valence-electron chi connectivity index (χ2n) is 7.47. The molecule has 0 aliphatic rings. The lowest BCUT2D eigenvalue weighted by Crippen LogP contribution is -1.89. The van der Waals surface area contributed by atoms with Crippen molar-refractivity contribution >= 4 is 21.8 Å². The van der Waals surface area contributed by atoms with E-state index in [1.165, 1.54) is 21.9 Å². The molecule has 2 aromatic heterocycles. The fourth-order valence-corrected chi connectivity index (χ4v) is 4.11. The summed E-state index contributed by atoms with van der Waals surface area (Å²) in [6, 6.07) is 17.4. The SMILES string of the molecule is Cc1ccc2cccc(-c3cc(-c4c(C)noc4C)cc4[nH]c(C)nc34)c2c1. The van der Waals surface area contributed by atoms with Crippen molar-refractivity contribution in [3.63, 3.8) is 0 Å². The van der Waals surface area contributed by atoms with Crippen molar-refractivity contribution in [3.8, 4) is 22.3 Å². The van der Waals surface area contributed by atoms with Gasteiger partial charge in [-0.25, -0.2) is 4.98 Å². The number of benzene rings is 3. The zero-order valence-corrected chi connectivity index (χ0v) is 16.4. The Morgan fingerprint density at radius 1 is 0.893 bits per heavy atom. The molecule has 4 heteroatoms. The van der Waals surface area contributed by atoms with E-state index in [0.717, 1.165) is 45.0 Å². The molecule has 2 heterocycles. The standard InChI is InChI=1S/C24H21N3O/c1-13-8-9-17-6-5-7-19(20(17)10-13)21-11-18(23-14(2)27-28-15(23)3)12-22-24(21)26-16(4)25-22/h5-12H,1-4H3,(H,25,26). The average Bonchev–Trinajstić information content (AvgIpc) is 3.21. The van der Waals surface area contributed by atoms with Crippen LogP contribution in [0, 0.1) is 27.7 Å². The number of nitrogens with one attached hydrogen (secondary N) is 1. The van der Waals surface area contributed by atoms with Crippen molar-refractivity contribution in [3.05, 3.63) is 71.4 Å². The summed E-state index contributed by atoms with van der Waals surface area (Å²) >= 11 is 0. The second-order valence-corrected chi connectivity index (χ2v) is 7.47. The largest absolute Gasteiger partial charge is 0.361 e. The molecule has 0 saturated carbocycles. The number of nitrogens with zero attached hydrogens (tertiary/aromatic N) is 2. The summed E-state index contributed by atoms with van der Waals surface area (Å²) in [5.41, 5.74) is 8.60. The van der Waals surface area contributed by atoms with Crippen LogP contribution in [0.4, 0.5) is 0 Å². The fraction of sp³-hybridized carbons (Fsp3) is 0.167. The number of hydrogen-bond acceptors (Lipinski definition) is 3. The van der Waals surface area contributed by atoms with Crippen molar-refractivity contribution in [2.45, 2.75) is 27.7 Å². The predicted octanol–water partition coefficient (Wildman–Crippen LogP) is 6.27. The maximum absolute atomic E-state index is 5.42.